The second-order valence-corrected chi connectivity index (χ2v) is 8.47. The molecule has 3 rings (SSSR count). The zero-order valence-corrected chi connectivity index (χ0v) is 21.6. The molecule has 35 heavy (non-hydrogen) atoms. The molecular formula is C23H19Cl3N2O6S. The van der Waals surface area contributed by atoms with Crippen molar-refractivity contribution in [3.8, 4) is 11.5 Å². The largest absolute Gasteiger partial charge is 0.490 e. The highest BCUT2D eigenvalue weighted by atomic mass is 35.5. The molecule has 0 spiro atoms. The second kappa shape index (κ2) is 11.7. The summed E-state index contributed by atoms with van der Waals surface area (Å²) in [6.07, 6.45) is 1.33. The summed E-state index contributed by atoms with van der Waals surface area (Å²) in [6, 6.07) is 7.69. The van der Waals surface area contributed by atoms with Crippen LogP contribution in [0.4, 0.5) is 5.69 Å². The monoisotopic (exact) mass is 556 g/mol. The van der Waals surface area contributed by atoms with Crippen LogP contribution in [0, 0.1) is 0 Å². The highest BCUT2D eigenvalue weighted by molar-refractivity contribution is 7.80. The molecule has 2 aromatic rings. The number of nitrogens with zero attached hydrogens (tertiary/aromatic N) is 1. The minimum absolute atomic E-state index is 0.0982. The fourth-order valence-electron chi connectivity index (χ4n) is 3.12. The molecule has 2 amide bonds. The van der Waals surface area contributed by atoms with Crippen molar-refractivity contribution in [1.29, 1.82) is 0 Å². The molecule has 1 fully saturated rings. The minimum atomic E-state index is -0.709. The van der Waals surface area contributed by atoms with Crippen molar-refractivity contribution in [3.05, 3.63) is 56.5 Å². The maximum Gasteiger partial charge on any atom is 0.344 e. The number of hydrogen-bond donors (Lipinski definition) is 1. The summed E-state index contributed by atoms with van der Waals surface area (Å²) in [5, 5.41) is 2.75. The number of ether oxygens (including phenoxy) is 3. The summed E-state index contributed by atoms with van der Waals surface area (Å²) >= 11 is 23.9. The second-order valence-electron chi connectivity index (χ2n) is 6.89. The standard InChI is InChI=1S/C23H19Cl3N2O6S/c1-3-32-17-10-12(9-15(25)20(17)34-11-18(29)33-4-2)8-13-21(30)27-23(35)28(22(13)31)16-7-5-6-14(24)19(16)26/h5-10H,3-4,11H2,1-2H3,(H,27,30,35)/b13-8+. The van der Waals surface area contributed by atoms with Crippen molar-refractivity contribution in [3.63, 3.8) is 0 Å². The van der Waals surface area contributed by atoms with E-state index in [0.29, 0.717) is 5.56 Å². The number of anilines is 1. The molecule has 0 aromatic heterocycles. The topological polar surface area (TPSA) is 94.2 Å². The Morgan fingerprint density at radius 2 is 1.83 bits per heavy atom. The first-order valence-electron chi connectivity index (χ1n) is 10.3. The van der Waals surface area contributed by atoms with Crippen LogP contribution in [-0.4, -0.2) is 42.7 Å². The van der Waals surface area contributed by atoms with E-state index in [1.54, 1.807) is 32.0 Å². The van der Waals surface area contributed by atoms with Gasteiger partial charge in [0.1, 0.15) is 5.57 Å². The van der Waals surface area contributed by atoms with Crippen LogP contribution in [0.25, 0.3) is 6.08 Å². The predicted octanol–water partition coefficient (Wildman–Crippen LogP) is 4.82. The Balaban J connectivity index is 1.99. The van der Waals surface area contributed by atoms with Crippen LogP contribution >= 0.6 is 47.0 Å². The third-order valence-electron chi connectivity index (χ3n) is 4.56. The molecule has 1 aliphatic rings. The molecule has 0 atom stereocenters. The number of nitrogens with one attached hydrogen (secondary N) is 1. The Kier molecular flexibility index (Phi) is 8.96. The van der Waals surface area contributed by atoms with Crippen molar-refractivity contribution >= 4 is 81.7 Å². The van der Waals surface area contributed by atoms with Gasteiger partial charge in [-0.15, -0.1) is 0 Å². The van der Waals surface area contributed by atoms with Crippen LogP contribution in [0.5, 0.6) is 11.5 Å². The first kappa shape index (κ1) is 26.7. The van der Waals surface area contributed by atoms with Gasteiger partial charge in [-0.1, -0.05) is 40.9 Å². The van der Waals surface area contributed by atoms with Gasteiger partial charge in [-0.25, -0.2) is 4.79 Å². The Hall–Kier alpha value is -2.85. The summed E-state index contributed by atoms with van der Waals surface area (Å²) in [7, 11) is 0. The molecule has 1 heterocycles. The van der Waals surface area contributed by atoms with Gasteiger partial charge >= 0.3 is 5.97 Å². The maximum absolute atomic E-state index is 13.3. The Labute approximate surface area is 221 Å². The molecule has 1 aliphatic heterocycles. The van der Waals surface area contributed by atoms with Crippen LogP contribution in [0.2, 0.25) is 15.1 Å². The van der Waals surface area contributed by atoms with E-state index in [1.807, 2.05) is 0 Å². The minimum Gasteiger partial charge on any atom is -0.490 e. The smallest absolute Gasteiger partial charge is 0.344 e. The van der Waals surface area contributed by atoms with Gasteiger partial charge in [-0.3, -0.25) is 19.8 Å². The SMILES string of the molecule is CCOC(=O)COc1c(Cl)cc(/C=C2\C(=O)NC(=S)N(c3cccc(Cl)c3Cl)C2=O)cc1OCC. The van der Waals surface area contributed by atoms with Crippen molar-refractivity contribution in [1.82, 2.24) is 5.32 Å². The van der Waals surface area contributed by atoms with E-state index >= 15 is 0 Å². The molecule has 12 heteroatoms. The van der Waals surface area contributed by atoms with E-state index in [-0.39, 0.29) is 62.8 Å². The molecule has 0 bridgehead atoms. The lowest BCUT2D eigenvalue weighted by Gasteiger charge is -2.29. The average molecular weight is 558 g/mol. The molecule has 184 valence electrons. The van der Waals surface area contributed by atoms with E-state index in [0.717, 1.165) is 4.90 Å². The normalized spacial score (nSPS) is 14.7. The molecular weight excluding hydrogens is 539 g/mol. The molecule has 1 N–H and O–H groups in total. The zero-order chi connectivity index (χ0) is 25.7. The molecule has 0 radical (unpaired) electrons. The Bertz CT molecular complexity index is 1230. The number of carbonyl (C=O) groups is 3. The van der Waals surface area contributed by atoms with Gasteiger partial charge < -0.3 is 14.2 Å². The number of carbonyl (C=O) groups excluding carboxylic acids is 3. The first-order valence-corrected chi connectivity index (χ1v) is 11.8. The fourth-order valence-corrected chi connectivity index (χ4v) is 4.04. The van der Waals surface area contributed by atoms with Gasteiger partial charge in [0.2, 0.25) is 0 Å². The van der Waals surface area contributed by atoms with Crippen molar-refractivity contribution in [2.24, 2.45) is 0 Å². The first-order chi connectivity index (χ1) is 16.7. The van der Waals surface area contributed by atoms with Gasteiger partial charge in [0.25, 0.3) is 11.8 Å². The number of amides is 2. The lowest BCUT2D eigenvalue weighted by Crippen LogP contribution is -2.54. The van der Waals surface area contributed by atoms with Crippen molar-refractivity contribution in [2.45, 2.75) is 13.8 Å². The summed E-state index contributed by atoms with van der Waals surface area (Å²) in [4.78, 5) is 38.7. The molecule has 2 aromatic carbocycles. The van der Waals surface area contributed by atoms with Gasteiger partial charge in [-0.2, -0.15) is 0 Å². The molecule has 0 unspecified atom stereocenters. The summed E-state index contributed by atoms with van der Waals surface area (Å²) in [5.74, 6) is -1.65. The third kappa shape index (κ3) is 6.05. The predicted molar refractivity (Wildman–Crippen MR) is 137 cm³/mol. The number of hydrogen-bond acceptors (Lipinski definition) is 7. The highest BCUT2D eigenvalue weighted by Gasteiger charge is 2.35. The molecule has 0 saturated carbocycles. The Morgan fingerprint density at radius 3 is 2.51 bits per heavy atom. The van der Waals surface area contributed by atoms with Crippen LogP contribution in [0.1, 0.15) is 19.4 Å². The van der Waals surface area contributed by atoms with E-state index in [9.17, 15) is 14.4 Å². The maximum atomic E-state index is 13.3. The van der Waals surface area contributed by atoms with Crippen LogP contribution in [-0.2, 0) is 19.1 Å². The summed E-state index contributed by atoms with van der Waals surface area (Å²) in [6.45, 7) is 3.52. The fraction of sp³-hybridized carbons (Fsp3) is 0.217. The molecule has 0 aliphatic carbocycles. The van der Waals surface area contributed by atoms with E-state index in [4.69, 9.17) is 61.2 Å². The number of benzene rings is 2. The summed E-state index contributed by atoms with van der Waals surface area (Å²) < 4.78 is 15.9. The van der Waals surface area contributed by atoms with Gasteiger partial charge in [0, 0.05) is 0 Å². The average Bonchev–Trinajstić information content (AvgIpc) is 2.79. The number of halogens is 3. The van der Waals surface area contributed by atoms with Crippen LogP contribution in [0.3, 0.4) is 0 Å². The number of thiocarbonyl (C=S) groups is 1. The molecule has 1 saturated heterocycles. The molecule has 8 nitrogen and oxygen atoms in total. The van der Waals surface area contributed by atoms with E-state index in [1.165, 1.54) is 18.2 Å². The van der Waals surface area contributed by atoms with E-state index in [2.05, 4.69) is 5.32 Å². The highest BCUT2D eigenvalue weighted by Crippen LogP contribution is 2.38. The lowest BCUT2D eigenvalue weighted by atomic mass is 10.1. The van der Waals surface area contributed by atoms with Crippen molar-refractivity contribution < 1.29 is 28.6 Å². The van der Waals surface area contributed by atoms with E-state index < -0.39 is 17.8 Å². The van der Waals surface area contributed by atoms with Gasteiger partial charge in [0.15, 0.2) is 23.2 Å². The van der Waals surface area contributed by atoms with Gasteiger partial charge in [-0.05, 0) is 62.0 Å². The van der Waals surface area contributed by atoms with Gasteiger partial charge in [0.05, 0.1) is 34.0 Å². The number of rotatable bonds is 8. The summed E-state index contributed by atoms with van der Waals surface area (Å²) in [5.41, 5.74) is 0.356. The lowest BCUT2D eigenvalue weighted by molar-refractivity contribution is -0.145. The quantitative estimate of drug-likeness (QED) is 0.215. The third-order valence-corrected chi connectivity index (χ3v) is 5.93. The van der Waals surface area contributed by atoms with Crippen LogP contribution in [0.15, 0.2) is 35.9 Å². The zero-order valence-electron chi connectivity index (χ0n) is 18.5. The Morgan fingerprint density at radius 1 is 1.09 bits per heavy atom. The number of esters is 1. The van der Waals surface area contributed by atoms with Crippen LogP contribution < -0.4 is 19.7 Å². The van der Waals surface area contributed by atoms with Crippen molar-refractivity contribution in [2.75, 3.05) is 24.7 Å².